The van der Waals surface area contributed by atoms with Crippen LogP contribution in [0.1, 0.15) is 25.5 Å². The fourth-order valence-electron chi connectivity index (χ4n) is 4.30. The number of carbonyl (C=O) groups excluding carboxylic acids is 1. The second-order valence-corrected chi connectivity index (χ2v) is 9.31. The Labute approximate surface area is 201 Å². The summed E-state index contributed by atoms with van der Waals surface area (Å²) in [6, 6.07) is 13.8. The number of anilines is 2. The second-order valence-electron chi connectivity index (χ2n) is 8.33. The molecule has 0 bridgehead atoms. The number of para-hydroxylation sites is 2. The molecular weight excluding hydrogens is 453 g/mol. The Morgan fingerprint density at radius 2 is 2.12 bits per heavy atom. The van der Waals surface area contributed by atoms with Crippen LogP contribution in [0.4, 0.5) is 15.2 Å². The van der Waals surface area contributed by atoms with Crippen molar-refractivity contribution >= 4 is 38.4 Å². The summed E-state index contributed by atoms with van der Waals surface area (Å²) >= 11 is 1.56. The van der Waals surface area contributed by atoms with E-state index in [0.717, 1.165) is 34.9 Å². The molecule has 2 aromatic heterocycles. The van der Waals surface area contributed by atoms with E-state index in [9.17, 15) is 9.18 Å². The summed E-state index contributed by atoms with van der Waals surface area (Å²) in [6.07, 6.45) is 1.72. The number of carbonyl (C=O) groups is 1. The minimum atomic E-state index is -0.315. The summed E-state index contributed by atoms with van der Waals surface area (Å²) in [6.45, 7) is 5.81. The maximum Gasteiger partial charge on any atom is 0.229 e. The molecule has 1 saturated heterocycles. The van der Waals surface area contributed by atoms with Gasteiger partial charge in [-0.25, -0.2) is 9.07 Å². The fraction of sp³-hybridized carbons (Fsp3) is 0.320. The molecule has 1 aliphatic heterocycles. The molecule has 1 fully saturated rings. The third-order valence-electron chi connectivity index (χ3n) is 5.94. The topological polar surface area (TPSA) is 72.3 Å². The normalized spacial score (nSPS) is 16.1. The SMILES string of the molecule is CCOc1ccccc1NC(=O)[C@H]1CCCN(c2nc3c(s2)c(C)nn3-c2cccc(F)c2)C1. The Bertz CT molecular complexity index is 1330. The van der Waals surface area contributed by atoms with Crippen LogP contribution in [-0.4, -0.2) is 40.4 Å². The number of aromatic nitrogens is 3. The van der Waals surface area contributed by atoms with Crippen LogP contribution in [0.5, 0.6) is 5.75 Å². The molecule has 5 rings (SSSR count). The van der Waals surface area contributed by atoms with Crippen molar-refractivity contribution in [3.05, 3.63) is 60.0 Å². The van der Waals surface area contributed by atoms with Crippen LogP contribution in [0.15, 0.2) is 48.5 Å². The predicted molar refractivity (Wildman–Crippen MR) is 133 cm³/mol. The molecule has 7 nitrogen and oxygen atoms in total. The third kappa shape index (κ3) is 4.35. The molecule has 0 radical (unpaired) electrons. The quantitative estimate of drug-likeness (QED) is 0.412. The molecule has 176 valence electrons. The highest BCUT2D eigenvalue weighted by molar-refractivity contribution is 7.22. The molecule has 3 heterocycles. The molecule has 0 aliphatic carbocycles. The molecule has 34 heavy (non-hydrogen) atoms. The average molecular weight is 480 g/mol. The summed E-state index contributed by atoms with van der Waals surface area (Å²) in [4.78, 5) is 20.1. The lowest BCUT2D eigenvalue weighted by molar-refractivity contribution is -0.120. The Morgan fingerprint density at radius 1 is 1.26 bits per heavy atom. The van der Waals surface area contributed by atoms with Gasteiger partial charge in [0, 0.05) is 13.1 Å². The molecule has 9 heteroatoms. The van der Waals surface area contributed by atoms with E-state index in [2.05, 4.69) is 15.3 Å². The first-order valence-corrected chi connectivity index (χ1v) is 12.2. The monoisotopic (exact) mass is 479 g/mol. The number of hydrogen-bond donors (Lipinski definition) is 1. The average Bonchev–Trinajstić information content (AvgIpc) is 3.41. The number of nitrogens with one attached hydrogen (secondary N) is 1. The highest BCUT2D eigenvalue weighted by Crippen LogP contribution is 2.35. The van der Waals surface area contributed by atoms with Gasteiger partial charge in [-0.15, -0.1) is 0 Å². The van der Waals surface area contributed by atoms with Crippen LogP contribution >= 0.6 is 11.3 Å². The fourth-order valence-corrected chi connectivity index (χ4v) is 5.32. The van der Waals surface area contributed by atoms with Gasteiger partial charge < -0.3 is 15.0 Å². The van der Waals surface area contributed by atoms with E-state index in [4.69, 9.17) is 9.72 Å². The smallest absolute Gasteiger partial charge is 0.229 e. The zero-order valence-corrected chi connectivity index (χ0v) is 19.9. The van der Waals surface area contributed by atoms with Crippen LogP contribution in [0.25, 0.3) is 16.0 Å². The standard InChI is InChI=1S/C25H26FN5O2S/c1-3-33-21-12-5-4-11-20(21)27-24(32)17-8-7-13-30(15-17)25-28-23-22(34-25)16(2)29-31(23)19-10-6-9-18(26)14-19/h4-6,9-12,14,17H,3,7-8,13,15H2,1-2H3,(H,27,32)/t17-/m0/s1. The number of thiazole rings is 1. The first kappa shape index (κ1) is 22.3. The molecular formula is C25H26FN5O2S. The van der Waals surface area contributed by atoms with E-state index in [1.807, 2.05) is 44.2 Å². The summed E-state index contributed by atoms with van der Waals surface area (Å²) in [5.74, 6) is 0.191. The van der Waals surface area contributed by atoms with Gasteiger partial charge in [0.05, 0.1) is 34.3 Å². The first-order chi connectivity index (χ1) is 16.5. The van der Waals surface area contributed by atoms with Gasteiger partial charge in [0.15, 0.2) is 10.8 Å². The maximum absolute atomic E-state index is 13.8. The summed E-state index contributed by atoms with van der Waals surface area (Å²) in [5, 5.41) is 8.47. The number of aryl methyl sites for hydroxylation is 1. The molecule has 1 amide bonds. The summed E-state index contributed by atoms with van der Waals surface area (Å²) in [5.41, 5.74) is 2.89. The zero-order valence-electron chi connectivity index (χ0n) is 19.1. The van der Waals surface area contributed by atoms with E-state index in [0.29, 0.717) is 35.9 Å². The number of nitrogens with zero attached hydrogens (tertiary/aromatic N) is 4. The number of piperidine rings is 1. The van der Waals surface area contributed by atoms with Gasteiger partial charge >= 0.3 is 0 Å². The van der Waals surface area contributed by atoms with Crippen molar-refractivity contribution < 1.29 is 13.9 Å². The van der Waals surface area contributed by atoms with Crippen molar-refractivity contribution in [3.63, 3.8) is 0 Å². The number of amides is 1. The Hall–Kier alpha value is -3.46. The molecule has 0 spiro atoms. The number of fused-ring (bicyclic) bond motifs is 1. The molecule has 1 aliphatic rings. The Morgan fingerprint density at radius 3 is 2.94 bits per heavy atom. The molecule has 1 atom stereocenters. The Balaban J connectivity index is 1.36. The van der Waals surface area contributed by atoms with Crippen LogP contribution in [0.3, 0.4) is 0 Å². The minimum Gasteiger partial charge on any atom is -0.492 e. The van der Waals surface area contributed by atoms with Gasteiger partial charge in [0.2, 0.25) is 5.91 Å². The number of rotatable bonds is 6. The van der Waals surface area contributed by atoms with Gasteiger partial charge in [-0.1, -0.05) is 29.5 Å². The second kappa shape index (κ2) is 9.42. The zero-order chi connectivity index (χ0) is 23.7. The third-order valence-corrected chi connectivity index (χ3v) is 7.15. The predicted octanol–water partition coefficient (Wildman–Crippen LogP) is 5.18. The van der Waals surface area contributed by atoms with Crippen molar-refractivity contribution in [1.82, 2.24) is 14.8 Å². The van der Waals surface area contributed by atoms with Gasteiger partial charge in [-0.3, -0.25) is 4.79 Å². The van der Waals surface area contributed by atoms with E-state index < -0.39 is 0 Å². The largest absolute Gasteiger partial charge is 0.492 e. The van der Waals surface area contributed by atoms with Crippen LogP contribution < -0.4 is 15.0 Å². The number of halogens is 1. The van der Waals surface area contributed by atoms with Crippen molar-refractivity contribution in [2.45, 2.75) is 26.7 Å². The number of hydrogen-bond acceptors (Lipinski definition) is 6. The van der Waals surface area contributed by atoms with E-state index in [1.54, 1.807) is 22.1 Å². The number of benzene rings is 2. The van der Waals surface area contributed by atoms with Gasteiger partial charge in [0.1, 0.15) is 11.6 Å². The van der Waals surface area contributed by atoms with E-state index in [1.165, 1.54) is 12.1 Å². The summed E-state index contributed by atoms with van der Waals surface area (Å²) < 4.78 is 22.1. The lowest BCUT2D eigenvalue weighted by Crippen LogP contribution is -2.40. The van der Waals surface area contributed by atoms with Gasteiger partial charge in [-0.05, 0) is 57.0 Å². The summed E-state index contributed by atoms with van der Waals surface area (Å²) in [7, 11) is 0. The lowest BCUT2D eigenvalue weighted by atomic mass is 9.97. The van der Waals surface area contributed by atoms with Crippen molar-refractivity contribution in [1.29, 1.82) is 0 Å². The number of ether oxygens (including phenoxy) is 1. The highest BCUT2D eigenvalue weighted by atomic mass is 32.1. The van der Waals surface area contributed by atoms with Crippen LogP contribution in [0, 0.1) is 18.7 Å². The molecule has 0 unspecified atom stereocenters. The molecule has 4 aromatic rings. The van der Waals surface area contributed by atoms with Crippen LogP contribution in [0.2, 0.25) is 0 Å². The van der Waals surface area contributed by atoms with Crippen molar-refractivity contribution in [2.75, 3.05) is 29.9 Å². The first-order valence-electron chi connectivity index (χ1n) is 11.4. The van der Waals surface area contributed by atoms with Gasteiger partial charge in [0.25, 0.3) is 0 Å². The lowest BCUT2D eigenvalue weighted by Gasteiger charge is -2.31. The molecule has 0 saturated carbocycles. The maximum atomic E-state index is 13.8. The molecule has 1 N–H and O–H groups in total. The van der Waals surface area contributed by atoms with E-state index in [-0.39, 0.29) is 17.6 Å². The molecule has 2 aromatic carbocycles. The highest BCUT2D eigenvalue weighted by Gasteiger charge is 2.29. The van der Waals surface area contributed by atoms with Crippen molar-refractivity contribution in [3.8, 4) is 11.4 Å². The van der Waals surface area contributed by atoms with Gasteiger partial charge in [-0.2, -0.15) is 10.1 Å². The Kier molecular flexibility index (Phi) is 6.19. The van der Waals surface area contributed by atoms with E-state index >= 15 is 0 Å². The van der Waals surface area contributed by atoms with Crippen LogP contribution in [-0.2, 0) is 4.79 Å². The van der Waals surface area contributed by atoms with Crippen molar-refractivity contribution in [2.24, 2.45) is 5.92 Å². The minimum absolute atomic E-state index is 0.0138.